The van der Waals surface area contributed by atoms with Crippen LogP contribution in [-0.4, -0.2) is 15.6 Å². The van der Waals surface area contributed by atoms with Crippen LogP contribution in [0.15, 0.2) is 30.3 Å². The number of thiophene rings is 1. The molecule has 116 valence electrons. The number of rotatable bonds is 3. The van der Waals surface area contributed by atoms with Gasteiger partial charge in [0.15, 0.2) is 0 Å². The van der Waals surface area contributed by atoms with Gasteiger partial charge in [0, 0.05) is 27.5 Å². The van der Waals surface area contributed by atoms with Gasteiger partial charge >= 0.3 is 5.97 Å². The first kappa shape index (κ1) is 14.6. The van der Waals surface area contributed by atoms with E-state index in [1.807, 2.05) is 30.3 Å². The first-order valence-corrected chi connectivity index (χ1v) is 8.68. The lowest BCUT2D eigenvalue weighted by Crippen LogP contribution is -2.04. The molecule has 23 heavy (non-hydrogen) atoms. The van der Waals surface area contributed by atoms with Crippen molar-refractivity contribution in [3.8, 4) is 16.2 Å². The molecule has 0 spiro atoms. The molecule has 3 aromatic rings. The Labute approximate surface area is 144 Å². The molecule has 8 heteroatoms. The van der Waals surface area contributed by atoms with Gasteiger partial charge in [-0.05, 0) is 18.2 Å². The molecular formula is C15H9ClN2O3S2. The molecule has 0 saturated heterocycles. The lowest BCUT2D eigenvalue weighted by atomic mass is 10.1. The quantitative estimate of drug-likeness (QED) is 0.653. The van der Waals surface area contributed by atoms with E-state index in [2.05, 4.69) is 9.59 Å². The van der Waals surface area contributed by atoms with E-state index in [4.69, 9.17) is 21.1 Å². The molecule has 0 bridgehead atoms. The molecule has 3 heterocycles. The number of ether oxygens (including phenoxy) is 2. The molecule has 1 aliphatic rings. The zero-order valence-electron chi connectivity index (χ0n) is 11.6. The first-order valence-electron chi connectivity index (χ1n) is 6.71. The maximum Gasteiger partial charge on any atom is 0.348 e. The summed E-state index contributed by atoms with van der Waals surface area (Å²) in [4.78, 5) is 13.8. The highest BCUT2D eigenvalue weighted by Gasteiger charge is 2.23. The summed E-state index contributed by atoms with van der Waals surface area (Å²) >= 11 is 8.37. The van der Waals surface area contributed by atoms with Crippen LogP contribution in [0.25, 0.3) is 10.4 Å². The summed E-state index contributed by atoms with van der Waals surface area (Å²) in [5.74, 6) is 0.438. The number of esters is 1. The third-order valence-electron chi connectivity index (χ3n) is 3.37. The van der Waals surface area contributed by atoms with Crippen molar-refractivity contribution < 1.29 is 14.3 Å². The lowest BCUT2D eigenvalue weighted by Gasteiger charge is -2.16. The standard InChI is InChI=1S/C15H9ClN2O3S2/c16-14-10(17-18-23-14)7-21-15(19)12-5-8-6-20-11-4-2-1-3-9(11)13(8)22-12/h1-5H,6-7H2. The van der Waals surface area contributed by atoms with Crippen LogP contribution in [0.5, 0.6) is 5.75 Å². The molecule has 0 amide bonds. The van der Waals surface area contributed by atoms with Crippen molar-refractivity contribution in [2.45, 2.75) is 13.2 Å². The van der Waals surface area contributed by atoms with Crippen molar-refractivity contribution in [3.63, 3.8) is 0 Å². The van der Waals surface area contributed by atoms with Crippen molar-refractivity contribution in [1.29, 1.82) is 0 Å². The van der Waals surface area contributed by atoms with Crippen LogP contribution < -0.4 is 4.74 Å². The summed E-state index contributed by atoms with van der Waals surface area (Å²) in [6.45, 7) is 0.474. The van der Waals surface area contributed by atoms with Crippen molar-refractivity contribution >= 4 is 40.4 Å². The zero-order valence-corrected chi connectivity index (χ0v) is 14.0. The third-order valence-corrected chi connectivity index (χ3v) is 5.55. The Morgan fingerprint density at radius 3 is 3.09 bits per heavy atom. The smallest absolute Gasteiger partial charge is 0.348 e. The molecule has 1 aliphatic heterocycles. The van der Waals surface area contributed by atoms with Gasteiger partial charge in [-0.15, -0.1) is 16.4 Å². The predicted molar refractivity (Wildman–Crippen MR) is 88.1 cm³/mol. The van der Waals surface area contributed by atoms with E-state index in [0.29, 0.717) is 21.5 Å². The van der Waals surface area contributed by atoms with Crippen LogP contribution >= 0.6 is 34.5 Å². The maximum absolute atomic E-state index is 12.2. The van der Waals surface area contributed by atoms with Crippen LogP contribution in [0.4, 0.5) is 0 Å². The number of carbonyl (C=O) groups is 1. The van der Waals surface area contributed by atoms with Gasteiger partial charge in [-0.25, -0.2) is 4.79 Å². The Hall–Kier alpha value is -1.96. The molecule has 2 aromatic heterocycles. The molecule has 0 unspecified atom stereocenters. The Morgan fingerprint density at radius 2 is 2.26 bits per heavy atom. The molecule has 0 fully saturated rings. The Bertz CT molecular complexity index is 890. The average Bonchev–Trinajstić information content (AvgIpc) is 3.18. The normalized spacial score (nSPS) is 12.2. The minimum absolute atomic E-state index is 0.0177. The Morgan fingerprint density at radius 1 is 1.39 bits per heavy atom. The topological polar surface area (TPSA) is 61.3 Å². The number of nitrogens with zero attached hydrogens (tertiary/aromatic N) is 2. The van der Waals surface area contributed by atoms with Gasteiger partial charge in [0.1, 0.15) is 33.9 Å². The van der Waals surface area contributed by atoms with E-state index in [1.54, 1.807) is 0 Å². The number of hydrogen-bond acceptors (Lipinski definition) is 7. The summed E-state index contributed by atoms with van der Waals surface area (Å²) in [6.07, 6.45) is 0. The van der Waals surface area contributed by atoms with Gasteiger partial charge in [0.05, 0.1) is 0 Å². The summed E-state index contributed by atoms with van der Waals surface area (Å²) in [5.41, 5.74) is 2.47. The highest BCUT2D eigenvalue weighted by Crippen LogP contribution is 2.42. The SMILES string of the molecule is O=C(OCc1nnsc1Cl)c1cc2c(s1)-c1ccccc1OC2. The van der Waals surface area contributed by atoms with Crippen LogP contribution in [0, 0.1) is 0 Å². The number of benzene rings is 1. The van der Waals surface area contributed by atoms with E-state index >= 15 is 0 Å². The molecule has 0 saturated carbocycles. The molecule has 0 atom stereocenters. The van der Waals surface area contributed by atoms with E-state index in [9.17, 15) is 4.79 Å². The monoisotopic (exact) mass is 364 g/mol. The average molecular weight is 365 g/mol. The highest BCUT2D eigenvalue weighted by molar-refractivity contribution is 7.17. The van der Waals surface area contributed by atoms with E-state index < -0.39 is 5.97 Å². The van der Waals surface area contributed by atoms with Gasteiger partial charge in [0.25, 0.3) is 0 Å². The van der Waals surface area contributed by atoms with Crippen molar-refractivity contribution in [3.05, 3.63) is 50.8 Å². The van der Waals surface area contributed by atoms with Crippen molar-refractivity contribution in [2.75, 3.05) is 0 Å². The molecule has 1 aromatic carbocycles. The van der Waals surface area contributed by atoms with Gasteiger partial charge in [-0.1, -0.05) is 28.2 Å². The number of fused-ring (bicyclic) bond motifs is 3. The van der Waals surface area contributed by atoms with Gasteiger partial charge in [-0.3, -0.25) is 0 Å². The second-order valence-corrected chi connectivity index (χ2v) is 7.23. The summed E-state index contributed by atoms with van der Waals surface area (Å²) in [7, 11) is 0. The van der Waals surface area contributed by atoms with Crippen LogP contribution in [-0.2, 0) is 18.0 Å². The number of carbonyl (C=O) groups excluding carboxylic acids is 1. The Balaban J connectivity index is 1.56. The fourth-order valence-corrected chi connectivity index (χ4v) is 3.98. The second kappa shape index (κ2) is 5.92. The van der Waals surface area contributed by atoms with Gasteiger partial charge in [-0.2, -0.15) is 0 Å². The third kappa shape index (κ3) is 2.71. The van der Waals surface area contributed by atoms with Gasteiger partial charge < -0.3 is 9.47 Å². The maximum atomic E-state index is 12.2. The fourth-order valence-electron chi connectivity index (χ4n) is 2.29. The molecule has 4 rings (SSSR count). The van der Waals surface area contributed by atoms with Crippen LogP contribution in [0.3, 0.4) is 0 Å². The number of aromatic nitrogens is 2. The zero-order chi connectivity index (χ0) is 15.8. The Kier molecular flexibility index (Phi) is 3.76. The predicted octanol–water partition coefficient (Wildman–Crippen LogP) is 4.17. The molecule has 0 aliphatic carbocycles. The minimum Gasteiger partial charge on any atom is -0.488 e. The van der Waals surface area contributed by atoms with Gasteiger partial charge in [0.2, 0.25) is 0 Å². The second-order valence-electron chi connectivity index (χ2n) is 4.82. The lowest BCUT2D eigenvalue weighted by molar-refractivity contribution is 0.0473. The molecule has 5 nitrogen and oxygen atoms in total. The van der Waals surface area contributed by atoms with E-state index in [-0.39, 0.29) is 6.61 Å². The largest absolute Gasteiger partial charge is 0.488 e. The summed E-state index contributed by atoms with van der Waals surface area (Å²) in [6, 6.07) is 9.61. The molecule has 0 N–H and O–H groups in total. The fraction of sp³-hybridized carbons (Fsp3) is 0.133. The van der Waals surface area contributed by atoms with Crippen LogP contribution in [0.1, 0.15) is 20.9 Å². The number of halogens is 1. The highest BCUT2D eigenvalue weighted by atomic mass is 35.5. The van der Waals surface area contributed by atoms with Crippen LogP contribution in [0.2, 0.25) is 4.34 Å². The van der Waals surface area contributed by atoms with E-state index in [0.717, 1.165) is 33.3 Å². The number of para-hydroxylation sites is 1. The number of hydrogen-bond donors (Lipinski definition) is 0. The minimum atomic E-state index is -0.397. The van der Waals surface area contributed by atoms with Crippen molar-refractivity contribution in [1.82, 2.24) is 9.59 Å². The molecular weight excluding hydrogens is 356 g/mol. The molecule has 0 radical (unpaired) electrons. The van der Waals surface area contributed by atoms with E-state index in [1.165, 1.54) is 11.3 Å². The first-order chi connectivity index (χ1) is 11.2. The summed E-state index contributed by atoms with van der Waals surface area (Å²) in [5, 5.41) is 3.82. The summed E-state index contributed by atoms with van der Waals surface area (Å²) < 4.78 is 15.1. The van der Waals surface area contributed by atoms with Crippen molar-refractivity contribution in [2.24, 2.45) is 0 Å².